The molecule has 3 amide bonds. The van der Waals surface area contributed by atoms with E-state index in [1.807, 2.05) is 30.3 Å². The van der Waals surface area contributed by atoms with Gasteiger partial charge in [0.05, 0.1) is 11.4 Å². The number of anilines is 1. The van der Waals surface area contributed by atoms with Gasteiger partial charge in [-0.1, -0.05) is 48.5 Å². The van der Waals surface area contributed by atoms with E-state index in [9.17, 15) is 14.4 Å². The molecule has 0 bridgehead atoms. The van der Waals surface area contributed by atoms with E-state index >= 15 is 8.78 Å². The van der Waals surface area contributed by atoms with Crippen molar-refractivity contribution in [2.75, 3.05) is 24.5 Å². The van der Waals surface area contributed by atoms with Crippen LogP contribution in [0.25, 0.3) is 16.1 Å². The number of hydrogen-bond donors (Lipinski definition) is 1. The van der Waals surface area contributed by atoms with Crippen molar-refractivity contribution in [3.63, 3.8) is 0 Å². The molecule has 11 heteroatoms. The Bertz CT molecular complexity index is 1540. The number of aromatic nitrogens is 1. The van der Waals surface area contributed by atoms with Gasteiger partial charge >= 0.3 is 0 Å². The molecule has 2 aromatic carbocycles. The van der Waals surface area contributed by atoms with Crippen LogP contribution in [0.4, 0.5) is 14.5 Å². The highest BCUT2D eigenvalue weighted by atomic mass is 32.1. The summed E-state index contributed by atoms with van der Waals surface area (Å²) < 4.78 is 31.3. The van der Waals surface area contributed by atoms with E-state index in [1.54, 1.807) is 25.1 Å². The van der Waals surface area contributed by atoms with Gasteiger partial charge in [-0.25, -0.2) is 19.2 Å². The lowest BCUT2D eigenvalue weighted by Crippen LogP contribution is -2.38. The fraction of sp³-hybridized carbons (Fsp3) is 0.300. The summed E-state index contributed by atoms with van der Waals surface area (Å²) in [6.45, 7) is 3.47. The fourth-order valence-electron chi connectivity index (χ4n) is 4.93. The predicted octanol–water partition coefficient (Wildman–Crippen LogP) is 5.30. The topological polar surface area (TPSA) is 95.0 Å². The zero-order valence-corrected chi connectivity index (χ0v) is 23.5. The van der Waals surface area contributed by atoms with Crippen molar-refractivity contribution in [1.29, 1.82) is 0 Å². The molecular weight excluding hydrogens is 548 g/mol. The number of halogens is 2. The molecule has 0 unspecified atom stereocenters. The van der Waals surface area contributed by atoms with Crippen molar-refractivity contribution in [2.45, 2.75) is 39.0 Å². The summed E-state index contributed by atoms with van der Waals surface area (Å²) >= 11 is 1.23. The molecule has 0 saturated carbocycles. The van der Waals surface area contributed by atoms with Crippen LogP contribution in [0.15, 0.2) is 65.8 Å². The van der Waals surface area contributed by atoms with Gasteiger partial charge in [-0.3, -0.25) is 14.4 Å². The van der Waals surface area contributed by atoms with Crippen molar-refractivity contribution in [3.8, 4) is 10.6 Å². The Labute approximate surface area is 240 Å². The quantitative estimate of drug-likeness (QED) is 0.336. The number of nitrogens with one attached hydrogen (secondary N) is 1. The maximum Gasteiger partial charge on any atom is 0.275 e. The van der Waals surface area contributed by atoms with E-state index in [0.29, 0.717) is 47.2 Å². The zero-order valence-electron chi connectivity index (χ0n) is 22.7. The first-order valence-electron chi connectivity index (χ1n) is 13.3. The van der Waals surface area contributed by atoms with E-state index in [1.165, 1.54) is 34.1 Å². The van der Waals surface area contributed by atoms with E-state index in [0.717, 1.165) is 17.4 Å². The highest BCUT2D eigenvalue weighted by molar-refractivity contribution is 7.17. The maximum absolute atomic E-state index is 15.7. The molecule has 1 saturated heterocycles. The predicted molar refractivity (Wildman–Crippen MR) is 155 cm³/mol. The molecule has 212 valence electrons. The van der Waals surface area contributed by atoms with Crippen molar-refractivity contribution in [2.24, 2.45) is 5.10 Å². The Hall–Kier alpha value is -4.25. The van der Waals surface area contributed by atoms with Crippen LogP contribution in [-0.2, 0) is 9.59 Å². The summed E-state index contributed by atoms with van der Waals surface area (Å²) in [4.78, 5) is 45.9. The number of allylic oxidation sites excluding steroid dienone is 1. The maximum atomic E-state index is 15.7. The fourth-order valence-corrected chi connectivity index (χ4v) is 5.95. The summed E-state index contributed by atoms with van der Waals surface area (Å²) in [6.07, 6.45) is 1.24. The van der Waals surface area contributed by atoms with Crippen molar-refractivity contribution >= 4 is 46.0 Å². The Kier molecular flexibility index (Phi) is 8.07. The van der Waals surface area contributed by atoms with Crippen LogP contribution in [0.5, 0.6) is 0 Å². The molecule has 8 nitrogen and oxygen atoms in total. The van der Waals surface area contributed by atoms with Crippen LogP contribution >= 0.6 is 11.3 Å². The third-order valence-electron chi connectivity index (χ3n) is 7.08. The van der Waals surface area contributed by atoms with Gasteiger partial charge in [-0.15, -0.1) is 11.3 Å². The number of piperidine rings is 1. The normalized spacial score (nSPS) is 17.6. The average Bonchev–Trinajstić information content (AvgIpc) is 3.32. The number of rotatable bonds is 4. The molecular formula is C30H29F2N5O3S. The van der Waals surface area contributed by atoms with Crippen LogP contribution in [-0.4, -0.2) is 58.9 Å². The largest absolute Gasteiger partial charge is 0.338 e. The lowest BCUT2D eigenvalue weighted by atomic mass is 9.96. The van der Waals surface area contributed by atoms with Crippen LogP contribution in [0.3, 0.4) is 0 Å². The summed E-state index contributed by atoms with van der Waals surface area (Å²) in [5.74, 6) is -4.56. The van der Waals surface area contributed by atoms with Crippen LogP contribution in [0, 0.1) is 6.92 Å². The summed E-state index contributed by atoms with van der Waals surface area (Å²) in [5.41, 5.74) is 4.60. The number of likely N-dealkylation sites (tertiary alicyclic amines) is 1. The lowest BCUT2D eigenvalue weighted by molar-refractivity contribution is -0.126. The van der Waals surface area contributed by atoms with Gasteiger partial charge in [0, 0.05) is 74.3 Å². The van der Waals surface area contributed by atoms with E-state index in [4.69, 9.17) is 0 Å². The number of fused-ring (bicyclic) bond motifs is 1. The Balaban J connectivity index is 1.43. The van der Waals surface area contributed by atoms with Crippen LogP contribution in [0.2, 0.25) is 0 Å². The monoisotopic (exact) mass is 577 g/mol. The van der Waals surface area contributed by atoms with Gasteiger partial charge in [0.1, 0.15) is 9.88 Å². The van der Waals surface area contributed by atoms with Gasteiger partial charge in [0.2, 0.25) is 11.8 Å². The highest BCUT2D eigenvalue weighted by Gasteiger charge is 2.42. The molecule has 1 N–H and O–H groups in total. The summed E-state index contributed by atoms with van der Waals surface area (Å²) in [6, 6.07) is 15.9. The third-order valence-corrected chi connectivity index (χ3v) is 8.27. The number of carbonyl (C=O) groups excluding carboxylic acids is 3. The van der Waals surface area contributed by atoms with Crippen LogP contribution in [0.1, 0.15) is 47.1 Å². The van der Waals surface area contributed by atoms with Gasteiger partial charge in [-0.05, 0) is 13.0 Å². The lowest BCUT2D eigenvalue weighted by Gasteiger charge is -2.27. The van der Waals surface area contributed by atoms with E-state index in [-0.39, 0.29) is 18.0 Å². The molecule has 3 aromatic rings. The molecule has 0 spiro atoms. The minimum absolute atomic E-state index is 0.145. The van der Waals surface area contributed by atoms with E-state index < -0.39 is 29.7 Å². The van der Waals surface area contributed by atoms with Crippen molar-refractivity contribution in [1.82, 2.24) is 15.3 Å². The number of carbonyl (C=O) groups is 3. The minimum atomic E-state index is -3.34. The first kappa shape index (κ1) is 28.3. The molecule has 0 atom stereocenters. The number of nitrogens with zero attached hydrogens (tertiary/aromatic N) is 4. The number of para-hydroxylation sites is 1. The number of hydrazone groups is 1. The Morgan fingerprint density at radius 1 is 1.02 bits per heavy atom. The second kappa shape index (κ2) is 11.7. The first-order valence-corrected chi connectivity index (χ1v) is 14.1. The first-order chi connectivity index (χ1) is 19.6. The molecule has 1 fully saturated rings. The standard InChI is InChI=1S/C30H29F2N5O3S/c1-19-27(41-28(33-19)21-8-4-3-5-9-21)29(40)37-17-14-30(31,32)24(23-10-6-7-11-25(23)37)18-26(39)36-15-12-22(13-16-36)35-34-20(2)38/h3-11,18H,12-17H2,1-2H3,(H,34,38)/b24-18-. The zero-order chi connectivity index (χ0) is 29.1. The molecule has 2 aliphatic heterocycles. The Morgan fingerprint density at radius 3 is 2.41 bits per heavy atom. The summed E-state index contributed by atoms with van der Waals surface area (Å²) in [7, 11) is 0. The van der Waals surface area contributed by atoms with Gasteiger partial charge in [0.15, 0.2) is 0 Å². The number of benzene rings is 2. The molecule has 0 radical (unpaired) electrons. The van der Waals surface area contributed by atoms with E-state index in [2.05, 4.69) is 15.5 Å². The number of aryl methyl sites for hydroxylation is 1. The molecule has 5 rings (SSSR count). The second-order valence-corrected chi connectivity index (χ2v) is 11.0. The van der Waals surface area contributed by atoms with Crippen LogP contribution < -0.4 is 10.3 Å². The van der Waals surface area contributed by atoms with Crippen molar-refractivity contribution in [3.05, 3.63) is 76.8 Å². The van der Waals surface area contributed by atoms with Gasteiger partial charge < -0.3 is 9.80 Å². The highest BCUT2D eigenvalue weighted by Crippen LogP contribution is 2.44. The average molecular weight is 578 g/mol. The molecule has 0 aliphatic carbocycles. The SMILES string of the molecule is CC(=O)NN=C1CCN(C(=O)/C=C2/c3ccccc3N(C(=O)c3sc(-c4ccccc4)nc3C)CCC2(F)F)CC1. The molecule has 1 aromatic heterocycles. The number of amides is 3. The van der Waals surface area contributed by atoms with Crippen molar-refractivity contribution < 1.29 is 23.2 Å². The third kappa shape index (κ3) is 6.09. The molecule has 41 heavy (non-hydrogen) atoms. The minimum Gasteiger partial charge on any atom is -0.338 e. The molecule has 3 heterocycles. The van der Waals surface area contributed by atoms with Gasteiger partial charge in [-0.2, -0.15) is 5.10 Å². The number of thiazole rings is 1. The summed E-state index contributed by atoms with van der Waals surface area (Å²) in [5, 5.41) is 4.71. The second-order valence-electron chi connectivity index (χ2n) is 9.96. The number of alkyl halides is 2. The smallest absolute Gasteiger partial charge is 0.275 e. The number of hydrogen-bond acceptors (Lipinski definition) is 6. The molecule has 2 aliphatic rings. The van der Waals surface area contributed by atoms with Gasteiger partial charge in [0.25, 0.3) is 11.8 Å². The Morgan fingerprint density at radius 2 is 1.71 bits per heavy atom.